The third-order valence-electron chi connectivity index (χ3n) is 2.50. The van der Waals surface area contributed by atoms with E-state index in [1.807, 2.05) is 13.8 Å². The van der Waals surface area contributed by atoms with Gasteiger partial charge in [0.25, 0.3) is 0 Å². The van der Waals surface area contributed by atoms with E-state index in [1.165, 1.54) is 0 Å². The number of hydrogen-bond acceptors (Lipinski definition) is 4. The Labute approximate surface area is 99.4 Å². The highest BCUT2D eigenvalue weighted by Crippen LogP contribution is 2.04. The van der Waals surface area contributed by atoms with Gasteiger partial charge in [0.15, 0.2) is 9.84 Å². The van der Waals surface area contributed by atoms with Crippen LogP contribution in [0.5, 0.6) is 0 Å². The predicted molar refractivity (Wildman–Crippen MR) is 67.3 cm³/mol. The highest BCUT2D eigenvalue weighted by atomic mass is 32.2. The first-order valence-corrected chi connectivity index (χ1v) is 7.70. The van der Waals surface area contributed by atoms with Crippen LogP contribution in [0.15, 0.2) is 0 Å². The van der Waals surface area contributed by atoms with Gasteiger partial charge in [0, 0.05) is 11.8 Å². The van der Waals surface area contributed by atoms with Crippen LogP contribution < -0.4 is 5.32 Å². The fourth-order valence-electron chi connectivity index (χ4n) is 1.63. The molecule has 0 radical (unpaired) electrons. The maximum atomic E-state index is 11.4. The van der Waals surface area contributed by atoms with E-state index in [-0.39, 0.29) is 23.7 Å². The maximum Gasteiger partial charge on any atom is 0.151 e. The van der Waals surface area contributed by atoms with Crippen molar-refractivity contribution in [2.75, 3.05) is 18.1 Å². The lowest BCUT2D eigenvalue weighted by Gasteiger charge is -2.18. The summed E-state index contributed by atoms with van der Waals surface area (Å²) in [7, 11) is -2.90. The van der Waals surface area contributed by atoms with E-state index in [4.69, 9.17) is 0 Å². The molecule has 3 atom stereocenters. The Balaban J connectivity index is 3.85. The minimum Gasteiger partial charge on any atom is -0.393 e. The Morgan fingerprint density at radius 1 is 1.25 bits per heavy atom. The van der Waals surface area contributed by atoms with Crippen LogP contribution in [0.3, 0.4) is 0 Å². The first-order chi connectivity index (χ1) is 7.26. The Hall–Kier alpha value is -0.130. The molecule has 0 aliphatic carbocycles. The van der Waals surface area contributed by atoms with Crippen molar-refractivity contribution < 1.29 is 13.5 Å². The lowest BCUT2D eigenvalue weighted by atomic mass is 10.0. The Morgan fingerprint density at radius 3 is 2.25 bits per heavy atom. The number of rotatable bonds is 8. The summed E-state index contributed by atoms with van der Waals surface area (Å²) in [5.74, 6) is 0.736. The van der Waals surface area contributed by atoms with Gasteiger partial charge in [-0.25, -0.2) is 8.42 Å². The normalized spacial score (nSPS) is 18.1. The average Bonchev–Trinajstić information content (AvgIpc) is 2.13. The van der Waals surface area contributed by atoms with Gasteiger partial charge >= 0.3 is 0 Å². The number of aliphatic hydroxyl groups excluding tert-OH is 1. The van der Waals surface area contributed by atoms with Crippen molar-refractivity contribution in [3.8, 4) is 0 Å². The molecule has 0 aromatic carbocycles. The van der Waals surface area contributed by atoms with Gasteiger partial charge in [-0.3, -0.25) is 0 Å². The van der Waals surface area contributed by atoms with Crippen LogP contribution in [0, 0.1) is 5.92 Å². The number of aliphatic hydroxyl groups is 1. The van der Waals surface area contributed by atoms with Crippen LogP contribution in [0.1, 0.15) is 34.1 Å². The van der Waals surface area contributed by atoms with Gasteiger partial charge in [-0.2, -0.15) is 0 Å². The quantitative estimate of drug-likeness (QED) is 0.670. The van der Waals surface area contributed by atoms with Crippen LogP contribution in [-0.4, -0.2) is 43.7 Å². The fraction of sp³-hybridized carbons (Fsp3) is 1.00. The van der Waals surface area contributed by atoms with Gasteiger partial charge in [0.2, 0.25) is 0 Å². The molecule has 98 valence electrons. The highest BCUT2D eigenvalue weighted by Gasteiger charge is 2.14. The third kappa shape index (κ3) is 8.07. The molecular weight excluding hydrogens is 226 g/mol. The van der Waals surface area contributed by atoms with E-state index < -0.39 is 9.84 Å². The average molecular weight is 251 g/mol. The Kier molecular flexibility index (Phi) is 7.19. The second-order valence-corrected chi connectivity index (χ2v) is 7.10. The number of nitrogens with one attached hydrogen (secondary N) is 1. The molecule has 0 saturated carbocycles. The summed E-state index contributed by atoms with van der Waals surface area (Å²) in [6.45, 7) is 8.09. The van der Waals surface area contributed by atoms with Gasteiger partial charge < -0.3 is 10.4 Å². The number of sulfone groups is 1. The highest BCUT2D eigenvalue weighted by molar-refractivity contribution is 7.91. The van der Waals surface area contributed by atoms with E-state index in [1.54, 1.807) is 13.8 Å². The van der Waals surface area contributed by atoms with Crippen molar-refractivity contribution in [2.24, 2.45) is 5.92 Å². The monoisotopic (exact) mass is 251 g/mol. The largest absolute Gasteiger partial charge is 0.393 e. The molecule has 0 aromatic rings. The zero-order valence-electron chi connectivity index (χ0n) is 10.7. The SMILES string of the molecule is CCS(=O)(=O)CC(C)NCC(C)CC(C)O. The summed E-state index contributed by atoms with van der Waals surface area (Å²) in [5, 5.41) is 12.4. The summed E-state index contributed by atoms with van der Waals surface area (Å²) >= 11 is 0. The molecule has 0 rings (SSSR count). The third-order valence-corrected chi connectivity index (χ3v) is 4.39. The minimum atomic E-state index is -2.90. The van der Waals surface area contributed by atoms with E-state index >= 15 is 0 Å². The molecule has 0 aromatic heterocycles. The van der Waals surface area contributed by atoms with Crippen LogP contribution >= 0.6 is 0 Å². The molecule has 0 aliphatic rings. The Bertz CT molecular complexity index is 275. The molecule has 0 saturated heterocycles. The molecule has 2 N–H and O–H groups in total. The summed E-state index contributed by atoms with van der Waals surface area (Å²) in [6.07, 6.45) is 0.437. The molecule has 16 heavy (non-hydrogen) atoms. The summed E-state index contributed by atoms with van der Waals surface area (Å²) in [6, 6.07) is -0.0265. The predicted octanol–water partition coefficient (Wildman–Crippen LogP) is 0.806. The van der Waals surface area contributed by atoms with Gasteiger partial charge in [0.1, 0.15) is 0 Å². The van der Waals surface area contributed by atoms with Crippen molar-refractivity contribution in [1.82, 2.24) is 5.32 Å². The van der Waals surface area contributed by atoms with Crippen LogP contribution in [0.2, 0.25) is 0 Å². The summed E-state index contributed by atoms with van der Waals surface area (Å²) in [5.41, 5.74) is 0. The second-order valence-electron chi connectivity index (χ2n) is 4.70. The van der Waals surface area contributed by atoms with E-state index in [0.717, 1.165) is 13.0 Å². The molecule has 5 heteroatoms. The van der Waals surface area contributed by atoms with Crippen LogP contribution in [0.4, 0.5) is 0 Å². The van der Waals surface area contributed by atoms with Gasteiger partial charge in [-0.05, 0) is 32.7 Å². The van der Waals surface area contributed by atoms with Gasteiger partial charge in [-0.15, -0.1) is 0 Å². The zero-order valence-corrected chi connectivity index (χ0v) is 11.5. The van der Waals surface area contributed by atoms with Crippen LogP contribution in [-0.2, 0) is 9.84 Å². The Morgan fingerprint density at radius 2 is 1.81 bits per heavy atom. The van der Waals surface area contributed by atoms with Crippen molar-refractivity contribution in [2.45, 2.75) is 46.3 Å². The molecule has 0 fully saturated rings. The number of hydrogen-bond donors (Lipinski definition) is 2. The van der Waals surface area contributed by atoms with Crippen LogP contribution in [0.25, 0.3) is 0 Å². The standard InChI is InChI=1S/C11H25NO3S/c1-5-16(14,15)8-10(3)12-7-9(2)6-11(4)13/h9-13H,5-8H2,1-4H3. The molecule has 0 spiro atoms. The second kappa shape index (κ2) is 7.25. The molecule has 3 unspecified atom stereocenters. The zero-order chi connectivity index (χ0) is 12.8. The molecule has 0 heterocycles. The lowest BCUT2D eigenvalue weighted by molar-refractivity contribution is 0.163. The van der Waals surface area contributed by atoms with Crippen molar-refractivity contribution in [3.63, 3.8) is 0 Å². The summed E-state index contributed by atoms with van der Waals surface area (Å²) in [4.78, 5) is 0. The molecule has 4 nitrogen and oxygen atoms in total. The fourth-order valence-corrected chi connectivity index (χ4v) is 2.74. The van der Waals surface area contributed by atoms with E-state index in [2.05, 4.69) is 5.32 Å². The van der Waals surface area contributed by atoms with Crippen molar-refractivity contribution in [1.29, 1.82) is 0 Å². The molecule has 0 amide bonds. The smallest absolute Gasteiger partial charge is 0.151 e. The molecule has 0 bridgehead atoms. The minimum absolute atomic E-state index is 0.0265. The van der Waals surface area contributed by atoms with Gasteiger partial charge in [-0.1, -0.05) is 13.8 Å². The molecule has 0 aliphatic heterocycles. The maximum absolute atomic E-state index is 11.4. The van der Waals surface area contributed by atoms with E-state index in [0.29, 0.717) is 5.92 Å². The van der Waals surface area contributed by atoms with Crippen molar-refractivity contribution >= 4 is 9.84 Å². The first-order valence-electron chi connectivity index (χ1n) is 5.88. The first kappa shape index (κ1) is 15.9. The summed E-state index contributed by atoms with van der Waals surface area (Å²) < 4.78 is 22.7. The van der Waals surface area contributed by atoms with Gasteiger partial charge in [0.05, 0.1) is 11.9 Å². The lowest BCUT2D eigenvalue weighted by Crippen LogP contribution is -2.36. The topological polar surface area (TPSA) is 66.4 Å². The van der Waals surface area contributed by atoms with E-state index in [9.17, 15) is 13.5 Å². The van der Waals surface area contributed by atoms with Crippen molar-refractivity contribution in [3.05, 3.63) is 0 Å². The molecular formula is C11H25NO3S.